The Kier molecular flexibility index (Phi) is 6.48. The molecule has 0 unspecified atom stereocenters. The molecule has 0 radical (unpaired) electrons. The van der Waals surface area contributed by atoms with Gasteiger partial charge >= 0.3 is 0 Å². The topological polar surface area (TPSA) is 93.5 Å². The number of carbonyl (C=O) groups is 1. The molecule has 1 amide bonds. The molecule has 1 aliphatic heterocycles. The molecule has 0 aliphatic carbocycles. The summed E-state index contributed by atoms with van der Waals surface area (Å²) in [7, 11) is -2.18. The van der Waals surface area contributed by atoms with Gasteiger partial charge in [-0.05, 0) is 37.5 Å². The van der Waals surface area contributed by atoms with Gasteiger partial charge in [-0.3, -0.25) is 4.79 Å². The lowest BCUT2D eigenvalue weighted by molar-refractivity contribution is 0.0693. The molecule has 9 heteroatoms. The SMILES string of the molecule is COCCNS(=O)(=O)c1ccc(C)c(C(=O)N2CCC(n3ccnc3)CC2)c1. The van der Waals surface area contributed by atoms with Gasteiger partial charge in [-0.1, -0.05) is 6.07 Å². The van der Waals surface area contributed by atoms with Crippen molar-refractivity contribution in [1.82, 2.24) is 19.2 Å². The van der Waals surface area contributed by atoms with Crippen LogP contribution < -0.4 is 4.72 Å². The Balaban J connectivity index is 1.71. The third-order valence-electron chi connectivity index (χ3n) is 5.05. The normalized spacial score (nSPS) is 15.7. The quantitative estimate of drug-likeness (QED) is 0.705. The van der Waals surface area contributed by atoms with Crippen molar-refractivity contribution in [2.24, 2.45) is 0 Å². The number of piperidine rings is 1. The van der Waals surface area contributed by atoms with Crippen molar-refractivity contribution in [2.45, 2.75) is 30.7 Å². The van der Waals surface area contributed by atoms with Crippen LogP contribution in [-0.4, -0.2) is 62.1 Å². The number of imidazole rings is 1. The number of amides is 1. The number of nitrogens with one attached hydrogen (secondary N) is 1. The maximum atomic E-state index is 13.0. The van der Waals surface area contributed by atoms with E-state index in [0.717, 1.165) is 18.4 Å². The molecular weight excluding hydrogens is 380 g/mol. The molecule has 0 spiro atoms. The summed E-state index contributed by atoms with van der Waals surface area (Å²) >= 11 is 0. The minimum Gasteiger partial charge on any atom is -0.383 e. The number of methoxy groups -OCH3 is 1. The number of aryl methyl sites for hydroxylation is 1. The van der Waals surface area contributed by atoms with Gasteiger partial charge in [0.15, 0.2) is 0 Å². The molecule has 152 valence electrons. The zero-order chi connectivity index (χ0) is 20.1. The first-order chi connectivity index (χ1) is 13.4. The molecule has 2 heterocycles. The number of rotatable bonds is 7. The van der Waals surface area contributed by atoms with E-state index in [0.29, 0.717) is 24.7 Å². The van der Waals surface area contributed by atoms with Crippen LogP contribution in [0.15, 0.2) is 41.8 Å². The van der Waals surface area contributed by atoms with Gasteiger partial charge in [0.1, 0.15) is 0 Å². The van der Waals surface area contributed by atoms with Crippen LogP contribution in [0, 0.1) is 6.92 Å². The van der Waals surface area contributed by atoms with Crippen molar-refractivity contribution < 1.29 is 17.9 Å². The lowest BCUT2D eigenvalue weighted by Crippen LogP contribution is -2.39. The van der Waals surface area contributed by atoms with Crippen molar-refractivity contribution in [3.05, 3.63) is 48.0 Å². The first-order valence-corrected chi connectivity index (χ1v) is 10.8. The summed E-state index contributed by atoms with van der Waals surface area (Å²) in [5, 5.41) is 0. The van der Waals surface area contributed by atoms with Crippen LogP contribution >= 0.6 is 0 Å². The summed E-state index contributed by atoms with van der Waals surface area (Å²) in [6.07, 6.45) is 7.19. The Hall–Kier alpha value is -2.23. The van der Waals surface area contributed by atoms with E-state index in [2.05, 4.69) is 14.3 Å². The largest absolute Gasteiger partial charge is 0.383 e. The van der Waals surface area contributed by atoms with Crippen LogP contribution in [0.2, 0.25) is 0 Å². The summed E-state index contributed by atoms with van der Waals surface area (Å²) in [6, 6.07) is 5.00. The second kappa shape index (κ2) is 8.85. The fourth-order valence-electron chi connectivity index (χ4n) is 3.38. The van der Waals surface area contributed by atoms with Crippen molar-refractivity contribution in [3.63, 3.8) is 0 Å². The van der Waals surface area contributed by atoms with Crippen LogP contribution in [0.3, 0.4) is 0 Å². The number of hydrogen-bond donors (Lipinski definition) is 1. The highest BCUT2D eigenvalue weighted by Crippen LogP contribution is 2.25. The van der Waals surface area contributed by atoms with E-state index in [1.807, 2.05) is 13.1 Å². The van der Waals surface area contributed by atoms with Gasteiger partial charge in [0.2, 0.25) is 10.0 Å². The van der Waals surface area contributed by atoms with Crippen molar-refractivity contribution in [1.29, 1.82) is 0 Å². The zero-order valence-electron chi connectivity index (χ0n) is 16.2. The third kappa shape index (κ3) is 4.60. The number of hydrogen-bond acceptors (Lipinski definition) is 5. The Labute approximate surface area is 165 Å². The molecule has 2 aromatic rings. The van der Waals surface area contributed by atoms with Gasteiger partial charge in [-0.15, -0.1) is 0 Å². The highest BCUT2D eigenvalue weighted by molar-refractivity contribution is 7.89. The smallest absolute Gasteiger partial charge is 0.254 e. The molecule has 1 N–H and O–H groups in total. The third-order valence-corrected chi connectivity index (χ3v) is 6.50. The van der Waals surface area contributed by atoms with E-state index in [1.165, 1.54) is 19.2 Å². The molecule has 0 atom stereocenters. The average Bonchev–Trinajstić information content (AvgIpc) is 3.23. The second-order valence-electron chi connectivity index (χ2n) is 6.90. The fraction of sp³-hybridized carbons (Fsp3) is 0.474. The van der Waals surface area contributed by atoms with E-state index in [9.17, 15) is 13.2 Å². The van der Waals surface area contributed by atoms with E-state index >= 15 is 0 Å². The first-order valence-electron chi connectivity index (χ1n) is 9.28. The standard InChI is InChI=1S/C19H26N4O4S/c1-15-3-4-17(28(25,26)21-8-12-27-2)13-18(15)19(24)22-9-5-16(6-10-22)23-11-7-20-14-23/h3-4,7,11,13-14,16,21H,5-6,8-10,12H2,1-2H3. The van der Waals surface area contributed by atoms with Crippen LogP contribution in [-0.2, 0) is 14.8 Å². The minimum absolute atomic E-state index is 0.0888. The molecule has 8 nitrogen and oxygen atoms in total. The number of nitrogens with zero attached hydrogens (tertiary/aromatic N) is 3. The summed E-state index contributed by atoms with van der Waals surface area (Å²) in [6.45, 7) is 3.54. The van der Waals surface area contributed by atoms with Crippen LogP contribution in [0.5, 0.6) is 0 Å². The molecule has 28 heavy (non-hydrogen) atoms. The Bertz CT molecular complexity index is 904. The van der Waals surface area contributed by atoms with Gasteiger partial charge in [0, 0.05) is 50.7 Å². The predicted molar refractivity (Wildman–Crippen MR) is 105 cm³/mol. The number of likely N-dealkylation sites (tertiary alicyclic amines) is 1. The second-order valence-corrected chi connectivity index (χ2v) is 8.67. The zero-order valence-corrected chi connectivity index (χ0v) is 17.0. The van der Waals surface area contributed by atoms with Crippen molar-refractivity contribution in [3.8, 4) is 0 Å². The molecule has 1 aliphatic rings. The number of aromatic nitrogens is 2. The predicted octanol–water partition coefficient (Wildman–Crippen LogP) is 1.59. The van der Waals surface area contributed by atoms with Gasteiger partial charge in [0.25, 0.3) is 5.91 Å². The monoisotopic (exact) mass is 406 g/mol. The molecule has 0 bridgehead atoms. The highest BCUT2D eigenvalue weighted by atomic mass is 32.2. The van der Waals surface area contributed by atoms with Crippen LogP contribution in [0.25, 0.3) is 0 Å². The van der Waals surface area contributed by atoms with Crippen LogP contribution in [0.1, 0.15) is 34.8 Å². The van der Waals surface area contributed by atoms with E-state index in [1.54, 1.807) is 23.5 Å². The van der Waals surface area contributed by atoms with Gasteiger partial charge in [-0.2, -0.15) is 0 Å². The Morgan fingerprint density at radius 2 is 2.07 bits per heavy atom. The molecule has 3 rings (SSSR count). The fourth-order valence-corrected chi connectivity index (χ4v) is 4.42. The molecule has 1 aromatic carbocycles. The van der Waals surface area contributed by atoms with Crippen molar-refractivity contribution in [2.75, 3.05) is 33.4 Å². The minimum atomic E-state index is -3.69. The highest BCUT2D eigenvalue weighted by Gasteiger charge is 2.26. The average molecular weight is 407 g/mol. The molecule has 1 aromatic heterocycles. The Morgan fingerprint density at radius 1 is 1.32 bits per heavy atom. The maximum absolute atomic E-state index is 13.0. The van der Waals surface area contributed by atoms with Gasteiger partial charge in [0.05, 0.1) is 17.8 Å². The molecule has 0 saturated carbocycles. The number of ether oxygens (including phenoxy) is 1. The molecule has 1 saturated heterocycles. The van der Waals surface area contributed by atoms with Gasteiger partial charge in [-0.25, -0.2) is 18.1 Å². The number of benzene rings is 1. The number of carbonyl (C=O) groups excluding carboxylic acids is 1. The Morgan fingerprint density at radius 3 is 2.71 bits per heavy atom. The summed E-state index contributed by atoms with van der Waals surface area (Å²) in [5.41, 5.74) is 1.19. The summed E-state index contributed by atoms with van der Waals surface area (Å²) in [4.78, 5) is 19.0. The summed E-state index contributed by atoms with van der Waals surface area (Å²) < 4.78 is 34.3. The van der Waals surface area contributed by atoms with E-state index in [-0.39, 0.29) is 24.0 Å². The lowest BCUT2D eigenvalue weighted by Gasteiger charge is -2.33. The molecule has 1 fully saturated rings. The maximum Gasteiger partial charge on any atom is 0.254 e. The van der Waals surface area contributed by atoms with E-state index in [4.69, 9.17) is 4.74 Å². The molecular formula is C19H26N4O4S. The summed E-state index contributed by atoms with van der Waals surface area (Å²) in [5.74, 6) is -0.129. The number of sulfonamides is 1. The van der Waals surface area contributed by atoms with Crippen LogP contribution in [0.4, 0.5) is 0 Å². The lowest BCUT2D eigenvalue weighted by atomic mass is 10.0. The van der Waals surface area contributed by atoms with Crippen molar-refractivity contribution >= 4 is 15.9 Å². The first kappa shape index (κ1) is 20.5. The van der Waals surface area contributed by atoms with Gasteiger partial charge < -0.3 is 14.2 Å². The van der Waals surface area contributed by atoms with E-state index < -0.39 is 10.0 Å².